The van der Waals surface area contributed by atoms with E-state index >= 15 is 0 Å². The lowest BCUT2D eigenvalue weighted by atomic mass is 10.1. The lowest BCUT2D eigenvalue weighted by Gasteiger charge is -2.19. The highest BCUT2D eigenvalue weighted by molar-refractivity contribution is 6.06. The van der Waals surface area contributed by atoms with Crippen molar-refractivity contribution < 1.29 is 4.74 Å². The van der Waals surface area contributed by atoms with Crippen LogP contribution in [0.25, 0.3) is 21.9 Å². The van der Waals surface area contributed by atoms with Crippen molar-refractivity contribution in [3.05, 3.63) is 66.0 Å². The van der Waals surface area contributed by atoms with Gasteiger partial charge in [-0.2, -0.15) is 0 Å². The molecule has 2 aromatic heterocycles. The number of aromatic nitrogens is 3. The van der Waals surface area contributed by atoms with Crippen molar-refractivity contribution in [2.45, 2.75) is 19.6 Å². The molecule has 2 aromatic carbocycles. The second-order valence-corrected chi connectivity index (χ2v) is 6.13. The zero-order valence-corrected chi connectivity index (χ0v) is 14.3. The molecular weight excluding hydrogens is 312 g/mol. The Balaban J connectivity index is 2.08. The van der Waals surface area contributed by atoms with Gasteiger partial charge in [0.05, 0.1) is 17.1 Å². The van der Waals surface area contributed by atoms with E-state index < -0.39 is 0 Å². The fourth-order valence-corrected chi connectivity index (χ4v) is 3.40. The summed E-state index contributed by atoms with van der Waals surface area (Å²) in [5, 5.41) is 1.05. The molecule has 1 atom stereocenters. The normalized spacial score (nSPS) is 12.7. The summed E-state index contributed by atoms with van der Waals surface area (Å²) in [6.07, 6.45) is 0. The van der Waals surface area contributed by atoms with Crippen LogP contribution in [0.1, 0.15) is 24.4 Å². The molecule has 5 heteroatoms. The van der Waals surface area contributed by atoms with Crippen LogP contribution in [0.4, 0.5) is 5.82 Å². The van der Waals surface area contributed by atoms with Gasteiger partial charge in [0.15, 0.2) is 5.82 Å². The number of rotatable bonds is 4. The summed E-state index contributed by atoms with van der Waals surface area (Å²) in [7, 11) is 1.68. The Bertz CT molecular complexity index is 1040. The van der Waals surface area contributed by atoms with Gasteiger partial charge in [0.2, 0.25) is 0 Å². The highest BCUT2D eigenvalue weighted by atomic mass is 16.5. The van der Waals surface area contributed by atoms with Gasteiger partial charge in [0, 0.05) is 12.5 Å². The molecule has 0 fully saturated rings. The van der Waals surface area contributed by atoms with Gasteiger partial charge in [-0.25, -0.2) is 9.97 Å². The Hall–Kier alpha value is -2.92. The van der Waals surface area contributed by atoms with Gasteiger partial charge in [-0.1, -0.05) is 48.5 Å². The molecule has 0 saturated carbocycles. The van der Waals surface area contributed by atoms with E-state index in [1.165, 1.54) is 5.56 Å². The summed E-state index contributed by atoms with van der Waals surface area (Å²) in [6, 6.07) is 18.5. The molecule has 0 radical (unpaired) electrons. The molecule has 0 amide bonds. The monoisotopic (exact) mass is 332 g/mol. The molecule has 25 heavy (non-hydrogen) atoms. The van der Waals surface area contributed by atoms with Crippen molar-refractivity contribution in [2.24, 2.45) is 0 Å². The van der Waals surface area contributed by atoms with Gasteiger partial charge in [-0.05, 0) is 18.6 Å². The van der Waals surface area contributed by atoms with Crippen LogP contribution in [-0.2, 0) is 11.3 Å². The molecule has 126 valence electrons. The van der Waals surface area contributed by atoms with E-state index in [1.807, 2.05) is 24.3 Å². The maximum absolute atomic E-state index is 6.21. The van der Waals surface area contributed by atoms with Gasteiger partial charge < -0.3 is 15.0 Å². The van der Waals surface area contributed by atoms with Crippen LogP contribution in [0, 0.1) is 0 Å². The number of nitrogens with zero attached hydrogens (tertiary/aromatic N) is 3. The van der Waals surface area contributed by atoms with E-state index in [0.717, 1.165) is 27.8 Å². The molecule has 4 aromatic rings. The number of fused-ring (bicyclic) bond motifs is 3. The second kappa shape index (κ2) is 6.18. The van der Waals surface area contributed by atoms with E-state index in [1.54, 1.807) is 7.11 Å². The number of para-hydroxylation sites is 1. The fourth-order valence-electron chi connectivity index (χ4n) is 3.40. The van der Waals surface area contributed by atoms with E-state index in [2.05, 4.69) is 46.8 Å². The molecule has 2 heterocycles. The number of hydrogen-bond acceptors (Lipinski definition) is 4. The summed E-state index contributed by atoms with van der Waals surface area (Å²) in [5.41, 5.74) is 10.0. The van der Waals surface area contributed by atoms with Gasteiger partial charge in [0.25, 0.3) is 0 Å². The van der Waals surface area contributed by atoms with E-state index in [0.29, 0.717) is 12.4 Å². The Kier molecular flexibility index (Phi) is 3.86. The Morgan fingerprint density at radius 1 is 1.04 bits per heavy atom. The molecule has 0 spiro atoms. The van der Waals surface area contributed by atoms with Crippen molar-refractivity contribution in [3.63, 3.8) is 0 Å². The molecule has 5 nitrogen and oxygen atoms in total. The minimum atomic E-state index is 0.0987. The topological polar surface area (TPSA) is 66.0 Å². The molecule has 0 aliphatic rings. The average Bonchev–Trinajstić information content (AvgIpc) is 3.02. The highest BCUT2D eigenvalue weighted by Gasteiger charge is 2.21. The van der Waals surface area contributed by atoms with Crippen molar-refractivity contribution in [2.75, 3.05) is 12.8 Å². The first-order valence-electron chi connectivity index (χ1n) is 8.29. The average molecular weight is 332 g/mol. The zero-order chi connectivity index (χ0) is 17.4. The molecule has 0 bridgehead atoms. The lowest BCUT2D eigenvalue weighted by molar-refractivity contribution is 0.174. The highest BCUT2D eigenvalue weighted by Crippen LogP contribution is 2.33. The number of anilines is 1. The predicted octanol–water partition coefficient (Wildman–Crippen LogP) is 3.92. The van der Waals surface area contributed by atoms with Crippen molar-refractivity contribution >= 4 is 27.8 Å². The third-order valence-electron chi connectivity index (χ3n) is 4.57. The van der Waals surface area contributed by atoms with Crippen LogP contribution in [0.3, 0.4) is 0 Å². The van der Waals surface area contributed by atoms with Crippen molar-refractivity contribution in [3.8, 4) is 0 Å². The molecule has 1 unspecified atom stereocenters. The Labute approximate surface area is 146 Å². The van der Waals surface area contributed by atoms with Crippen molar-refractivity contribution in [1.82, 2.24) is 14.5 Å². The number of nitrogens with two attached hydrogens (primary N) is 1. The third-order valence-corrected chi connectivity index (χ3v) is 4.57. The number of methoxy groups -OCH3 is 1. The predicted molar refractivity (Wildman–Crippen MR) is 100 cm³/mol. The third kappa shape index (κ3) is 2.53. The van der Waals surface area contributed by atoms with Crippen LogP contribution >= 0.6 is 0 Å². The van der Waals surface area contributed by atoms with Crippen LogP contribution in [0.2, 0.25) is 0 Å². The first-order valence-corrected chi connectivity index (χ1v) is 8.29. The van der Waals surface area contributed by atoms with Crippen LogP contribution in [0.15, 0.2) is 54.6 Å². The molecule has 0 aliphatic carbocycles. The Morgan fingerprint density at radius 3 is 2.52 bits per heavy atom. The van der Waals surface area contributed by atoms with E-state index in [4.69, 9.17) is 15.5 Å². The van der Waals surface area contributed by atoms with E-state index in [-0.39, 0.29) is 6.04 Å². The van der Waals surface area contributed by atoms with Gasteiger partial charge in [-0.3, -0.25) is 0 Å². The number of imidazole rings is 1. The maximum Gasteiger partial charge on any atom is 0.152 e. The molecule has 0 aliphatic heterocycles. The van der Waals surface area contributed by atoms with Crippen LogP contribution in [0.5, 0.6) is 0 Å². The minimum Gasteiger partial charge on any atom is -0.382 e. The van der Waals surface area contributed by atoms with Gasteiger partial charge in [0.1, 0.15) is 17.9 Å². The molecule has 0 saturated heterocycles. The standard InChI is InChI=1S/C20H20N4O/c1-13(14-8-4-3-5-9-14)24-17(12-25-2)23-18-19(24)15-10-6-7-11-16(15)22-20(18)21/h3-11,13H,12H2,1-2H3,(H2,21,22). The summed E-state index contributed by atoms with van der Waals surface area (Å²) >= 11 is 0. The van der Waals surface area contributed by atoms with E-state index in [9.17, 15) is 0 Å². The fraction of sp³-hybridized carbons (Fsp3) is 0.200. The first kappa shape index (κ1) is 15.6. The maximum atomic E-state index is 6.21. The minimum absolute atomic E-state index is 0.0987. The largest absolute Gasteiger partial charge is 0.382 e. The number of pyridine rings is 1. The number of ether oxygens (including phenoxy) is 1. The summed E-state index contributed by atoms with van der Waals surface area (Å²) < 4.78 is 7.61. The number of nitrogen functional groups attached to an aromatic ring is 1. The summed E-state index contributed by atoms with van der Waals surface area (Å²) in [5.74, 6) is 1.30. The van der Waals surface area contributed by atoms with Gasteiger partial charge >= 0.3 is 0 Å². The van der Waals surface area contributed by atoms with Gasteiger partial charge in [-0.15, -0.1) is 0 Å². The second-order valence-electron chi connectivity index (χ2n) is 6.13. The zero-order valence-electron chi connectivity index (χ0n) is 14.3. The molecular formula is C20H20N4O. The molecule has 4 rings (SSSR count). The first-order chi connectivity index (χ1) is 12.2. The summed E-state index contributed by atoms with van der Waals surface area (Å²) in [6.45, 7) is 2.58. The van der Waals surface area contributed by atoms with Crippen LogP contribution in [-0.4, -0.2) is 21.6 Å². The number of benzene rings is 2. The van der Waals surface area contributed by atoms with Crippen LogP contribution < -0.4 is 5.73 Å². The SMILES string of the molecule is COCc1nc2c(N)nc3ccccc3c2n1C(C)c1ccccc1. The number of hydrogen-bond donors (Lipinski definition) is 1. The molecule has 2 N–H and O–H groups in total. The lowest BCUT2D eigenvalue weighted by Crippen LogP contribution is -2.11. The summed E-state index contributed by atoms with van der Waals surface area (Å²) in [4.78, 5) is 9.26. The Morgan fingerprint density at radius 2 is 1.76 bits per heavy atom. The van der Waals surface area contributed by atoms with Crippen molar-refractivity contribution in [1.29, 1.82) is 0 Å². The smallest absolute Gasteiger partial charge is 0.152 e. The quantitative estimate of drug-likeness (QED) is 0.615.